The Morgan fingerprint density at radius 3 is 2.19 bits per heavy atom. The van der Waals surface area contributed by atoms with Crippen molar-refractivity contribution in [3.05, 3.63) is 102 Å². The van der Waals surface area contributed by atoms with Crippen LogP contribution in [0.5, 0.6) is 5.75 Å². The van der Waals surface area contributed by atoms with Crippen LogP contribution >= 0.6 is 0 Å². The van der Waals surface area contributed by atoms with E-state index in [0.717, 1.165) is 16.8 Å². The lowest BCUT2D eigenvalue weighted by Gasteiger charge is -2.18. The van der Waals surface area contributed by atoms with Crippen molar-refractivity contribution in [3.8, 4) is 5.75 Å². The van der Waals surface area contributed by atoms with E-state index in [2.05, 4.69) is 4.99 Å². The Labute approximate surface area is 158 Å². The van der Waals surface area contributed by atoms with Crippen LogP contribution in [0.2, 0.25) is 0 Å². The molecule has 0 aromatic heterocycles. The first-order valence-electron chi connectivity index (χ1n) is 8.66. The standard InChI is InChI=1S/C23H18N2O2/c1-27-21-15-9-8-12-18(21)16-20-23(26)25(19-13-6-3-7-14-19)22(24-20)17-10-4-2-5-11-17/h2-16H,1H3/b20-16+. The van der Waals surface area contributed by atoms with Crippen LogP contribution in [-0.2, 0) is 4.79 Å². The number of carbonyl (C=O) groups excluding carboxylic acids is 1. The fourth-order valence-electron chi connectivity index (χ4n) is 3.05. The highest BCUT2D eigenvalue weighted by molar-refractivity contribution is 6.33. The number of hydrogen-bond donors (Lipinski definition) is 0. The minimum atomic E-state index is -0.161. The Bertz CT molecular complexity index is 1020. The van der Waals surface area contributed by atoms with Gasteiger partial charge in [0, 0.05) is 11.1 Å². The van der Waals surface area contributed by atoms with Gasteiger partial charge in [0.25, 0.3) is 5.91 Å². The van der Waals surface area contributed by atoms with Crippen LogP contribution in [0.4, 0.5) is 5.69 Å². The van der Waals surface area contributed by atoms with Crippen LogP contribution in [0.15, 0.2) is 95.6 Å². The largest absolute Gasteiger partial charge is 0.496 e. The molecule has 0 N–H and O–H groups in total. The van der Waals surface area contributed by atoms with Gasteiger partial charge in [-0.05, 0) is 24.3 Å². The van der Waals surface area contributed by atoms with Crippen molar-refractivity contribution in [3.63, 3.8) is 0 Å². The number of ether oxygens (including phenoxy) is 1. The number of amidine groups is 1. The molecule has 4 nitrogen and oxygen atoms in total. The fraction of sp³-hybridized carbons (Fsp3) is 0.0435. The van der Waals surface area contributed by atoms with E-state index in [1.807, 2.05) is 84.9 Å². The number of benzene rings is 3. The topological polar surface area (TPSA) is 41.9 Å². The minimum absolute atomic E-state index is 0.161. The van der Waals surface area contributed by atoms with Crippen molar-refractivity contribution in [1.29, 1.82) is 0 Å². The summed E-state index contributed by atoms with van der Waals surface area (Å²) in [6.07, 6.45) is 1.77. The highest BCUT2D eigenvalue weighted by Crippen LogP contribution is 2.29. The number of para-hydroxylation sites is 2. The molecular formula is C23H18N2O2. The molecule has 1 aliphatic rings. The van der Waals surface area contributed by atoms with Crippen LogP contribution in [0.25, 0.3) is 6.08 Å². The number of rotatable bonds is 4. The maximum absolute atomic E-state index is 13.2. The lowest BCUT2D eigenvalue weighted by molar-refractivity contribution is -0.113. The highest BCUT2D eigenvalue weighted by atomic mass is 16.5. The zero-order valence-electron chi connectivity index (χ0n) is 14.9. The van der Waals surface area contributed by atoms with Crippen molar-refractivity contribution in [1.82, 2.24) is 0 Å². The normalized spacial score (nSPS) is 15.1. The smallest absolute Gasteiger partial charge is 0.282 e. The lowest BCUT2D eigenvalue weighted by Crippen LogP contribution is -2.32. The third kappa shape index (κ3) is 3.25. The highest BCUT2D eigenvalue weighted by Gasteiger charge is 2.32. The molecule has 27 heavy (non-hydrogen) atoms. The van der Waals surface area contributed by atoms with Crippen molar-refractivity contribution in [2.24, 2.45) is 4.99 Å². The van der Waals surface area contributed by atoms with E-state index in [1.54, 1.807) is 18.1 Å². The van der Waals surface area contributed by atoms with Gasteiger partial charge in [-0.3, -0.25) is 9.69 Å². The first-order valence-corrected chi connectivity index (χ1v) is 8.66. The van der Waals surface area contributed by atoms with Crippen molar-refractivity contribution in [2.75, 3.05) is 12.0 Å². The lowest BCUT2D eigenvalue weighted by atomic mass is 10.1. The molecule has 0 atom stereocenters. The van der Waals surface area contributed by atoms with Crippen LogP contribution < -0.4 is 9.64 Å². The molecule has 0 aliphatic carbocycles. The molecule has 4 heteroatoms. The van der Waals surface area contributed by atoms with Gasteiger partial charge < -0.3 is 4.74 Å². The third-order valence-corrected chi connectivity index (χ3v) is 4.34. The molecule has 3 aromatic carbocycles. The Hall–Kier alpha value is -3.66. The molecule has 1 amide bonds. The molecule has 0 fully saturated rings. The molecule has 0 spiro atoms. The Morgan fingerprint density at radius 1 is 0.852 bits per heavy atom. The van der Waals surface area contributed by atoms with Gasteiger partial charge in [-0.2, -0.15) is 0 Å². The average Bonchev–Trinajstić information content (AvgIpc) is 3.06. The predicted octanol–water partition coefficient (Wildman–Crippen LogP) is 4.53. The monoisotopic (exact) mass is 354 g/mol. The summed E-state index contributed by atoms with van der Waals surface area (Å²) in [5.41, 5.74) is 2.86. The second-order valence-corrected chi connectivity index (χ2v) is 6.05. The van der Waals surface area contributed by atoms with Gasteiger partial charge in [0.1, 0.15) is 17.3 Å². The molecule has 0 saturated heterocycles. The summed E-state index contributed by atoms with van der Waals surface area (Å²) in [5, 5.41) is 0. The first kappa shape index (κ1) is 16.8. The molecule has 1 aliphatic heterocycles. The second kappa shape index (κ2) is 7.30. The number of nitrogens with zero attached hydrogens (tertiary/aromatic N) is 2. The summed E-state index contributed by atoms with van der Waals surface area (Å²) in [6.45, 7) is 0. The number of hydrogen-bond acceptors (Lipinski definition) is 3. The molecule has 3 aromatic rings. The molecule has 1 heterocycles. The molecular weight excluding hydrogens is 336 g/mol. The maximum Gasteiger partial charge on any atom is 0.282 e. The number of anilines is 1. The van der Waals surface area contributed by atoms with Gasteiger partial charge in [0.15, 0.2) is 0 Å². The predicted molar refractivity (Wildman–Crippen MR) is 108 cm³/mol. The number of aliphatic imine (C=N–C) groups is 1. The molecule has 0 unspecified atom stereocenters. The van der Waals surface area contributed by atoms with Gasteiger partial charge in [0.05, 0.1) is 12.8 Å². The minimum Gasteiger partial charge on any atom is -0.496 e. The summed E-state index contributed by atoms with van der Waals surface area (Å²) < 4.78 is 5.40. The van der Waals surface area contributed by atoms with E-state index in [4.69, 9.17) is 4.74 Å². The van der Waals surface area contributed by atoms with Gasteiger partial charge in [0.2, 0.25) is 0 Å². The summed E-state index contributed by atoms with van der Waals surface area (Å²) >= 11 is 0. The average molecular weight is 354 g/mol. The summed E-state index contributed by atoms with van der Waals surface area (Å²) in [7, 11) is 1.61. The van der Waals surface area contributed by atoms with Gasteiger partial charge in [-0.1, -0.05) is 66.7 Å². The van der Waals surface area contributed by atoms with E-state index in [1.165, 1.54) is 0 Å². The van der Waals surface area contributed by atoms with E-state index >= 15 is 0 Å². The van der Waals surface area contributed by atoms with E-state index < -0.39 is 0 Å². The SMILES string of the molecule is COc1ccccc1/C=C1/N=C(c2ccccc2)N(c2ccccc2)C1=O. The quantitative estimate of drug-likeness (QED) is 0.646. The Kier molecular flexibility index (Phi) is 4.54. The second-order valence-electron chi connectivity index (χ2n) is 6.05. The molecule has 0 radical (unpaired) electrons. The molecule has 4 rings (SSSR count). The third-order valence-electron chi connectivity index (χ3n) is 4.34. The maximum atomic E-state index is 13.2. The van der Waals surface area contributed by atoms with Crippen molar-refractivity contribution in [2.45, 2.75) is 0 Å². The van der Waals surface area contributed by atoms with Gasteiger partial charge in [-0.25, -0.2) is 4.99 Å². The summed E-state index contributed by atoms with van der Waals surface area (Å²) in [6, 6.07) is 26.9. The summed E-state index contributed by atoms with van der Waals surface area (Å²) in [5.74, 6) is 1.16. The van der Waals surface area contributed by atoms with Gasteiger partial charge >= 0.3 is 0 Å². The zero-order chi connectivity index (χ0) is 18.6. The number of carbonyl (C=O) groups is 1. The van der Waals surface area contributed by atoms with Crippen LogP contribution in [-0.4, -0.2) is 18.9 Å². The molecule has 0 saturated carbocycles. The van der Waals surface area contributed by atoms with Crippen LogP contribution in [0.3, 0.4) is 0 Å². The van der Waals surface area contributed by atoms with Crippen molar-refractivity contribution >= 4 is 23.5 Å². The summed E-state index contributed by atoms with van der Waals surface area (Å²) in [4.78, 5) is 19.5. The molecule has 0 bridgehead atoms. The van der Waals surface area contributed by atoms with Crippen LogP contribution in [0, 0.1) is 0 Å². The van der Waals surface area contributed by atoms with E-state index in [9.17, 15) is 4.79 Å². The Morgan fingerprint density at radius 2 is 1.48 bits per heavy atom. The van der Waals surface area contributed by atoms with E-state index in [-0.39, 0.29) is 5.91 Å². The first-order chi connectivity index (χ1) is 13.3. The van der Waals surface area contributed by atoms with Crippen LogP contribution in [0.1, 0.15) is 11.1 Å². The molecule has 132 valence electrons. The van der Waals surface area contributed by atoms with Gasteiger partial charge in [-0.15, -0.1) is 0 Å². The fourth-order valence-corrected chi connectivity index (χ4v) is 3.05. The number of methoxy groups -OCH3 is 1. The Balaban J connectivity index is 1.84. The van der Waals surface area contributed by atoms with E-state index in [0.29, 0.717) is 17.3 Å². The number of amides is 1. The zero-order valence-corrected chi connectivity index (χ0v) is 14.9. The van der Waals surface area contributed by atoms with Crippen molar-refractivity contribution < 1.29 is 9.53 Å².